The van der Waals surface area contributed by atoms with Gasteiger partial charge in [0.15, 0.2) is 4.96 Å². The van der Waals surface area contributed by atoms with Crippen molar-refractivity contribution < 1.29 is 28.0 Å². The van der Waals surface area contributed by atoms with Gasteiger partial charge in [-0.15, -0.1) is 0 Å². The molecule has 0 spiro atoms. The predicted octanol–water partition coefficient (Wildman–Crippen LogP) is 24.7. The molecule has 0 amide bonds. The SMILES string of the molecule is [2H]C([2H])([2H])c1ccc(-c2c(C(C)(C)C)ccc3c2Sc2ccccc2C(C)(C)[Si]3(C)C)cc1-c1cc(-n2c3ccccc3n3c4ccccc4nc23)ccc1C([2H])([2H])[2H].[2H]C([2H])([2H])c1ccc(-c2c(C([2H])([2H])[2H])ccc3c2Oc2ncccc2C(C)(C)[Si]3(C)C)cc1-c1cc(-c2c(C([2H])([2H])C)ccc3c2sc2nc4ccccc4n23)ccc1C([2H])([2H])[2H]. The fraction of sp³-hybridized carbons (Fsp3) is 0.223. The van der Waals surface area contributed by atoms with E-state index in [4.69, 9.17) is 38.0 Å². The number of para-hydroxylation sites is 6. The Morgan fingerprint density at radius 3 is 1.69 bits per heavy atom. The first-order valence-electron chi connectivity index (χ1n) is 44.1. The first-order chi connectivity index (χ1) is 57.0. The third-order valence-electron chi connectivity index (χ3n) is 23.3. The van der Waals surface area contributed by atoms with Crippen LogP contribution in [0.1, 0.15) is 129 Å². The Kier molecular flexibility index (Phi) is 12.2. The minimum atomic E-state index is -2.74. The number of benzene rings is 11. The van der Waals surface area contributed by atoms with E-state index in [1.807, 2.05) is 124 Å². The molecular formula is C94H90N6OS2Si2. The van der Waals surface area contributed by atoms with Gasteiger partial charge < -0.3 is 4.74 Å². The van der Waals surface area contributed by atoms with Crippen LogP contribution in [0.15, 0.2) is 234 Å². The Morgan fingerprint density at radius 2 is 1.03 bits per heavy atom. The first-order valence-corrected chi connectivity index (χ1v) is 43.2. The van der Waals surface area contributed by atoms with Gasteiger partial charge in [-0.05, 0) is 240 Å². The maximum Gasteiger partial charge on any atom is 0.222 e. The lowest BCUT2D eigenvalue weighted by Crippen LogP contribution is -2.57. The average Bonchev–Trinajstić information content (AvgIpc) is 1.58. The second kappa shape index (κ2) is 24.9. The number of aromatic nitrogens is 6. The van der Waals surface area contributed by atoms with E-state index in [9.17, 15) is 0 Å². The Balaban J connectivity index is 0.000000174. The standard InChI is InChI=1S/C48H47N3SSi.C46H43N3OSSi/c1-30-22-24-32(44-37(47(3,4)5)26-27-43-45(44)52-42-21-15-10-16-36(42)48(6,7)53(43,8)9)28-34(30)35-29-33(25-23-31(35)2)50-40-19-13-14-20-41(40)51-39-18-12-11-17-38(39)49-46(50)51;1-9-30-21-22-38-43(51-45-48-36-14-10-11-15-37(36)49(38)45)41(30)32-20-17-28(3)34(26-32)33-25-31(19-16-27(33)2)40-29(4)18-23-39-42(40)50-44-35(13-12-24-47-44)46(5,6)52(39,7)8/h10-29H,1-9H3;10-26H,9H2,1-8H3/i1D3,2D3;2D3,3D3,4D3,9D2. The first kappa shape index (κ1) is 51.3. The van der Waals surface area contributed by atoms with Gasteiger partial charge in [0.25, 0.3) is 0 Å². The zero-order valence-electron chi connectivity index (χ0n) is 77.8. The van der Waals surface area contributed by atoms with Gasteiger partial charge in [-0.25, -0.2) is 15.0 Å². The molecule has 2 aliphatic heterocycles. The molecule has 0 atom stereocenters. The molecule has 522 valence electrons. The summed E-state index contributed by atoms with van der Waals surface area (Å²) >= 11 is 3.19. The molecule has 105 heavy (non-hydrogen) atoms. The van der Waals surface area contributed by atoms with Gasteiger partial charge >= 0.3 is 0 Å². The van der Waals surface area contributed by atoms with Crippen LogP contribution in [0, 0.1) is 34.3 Å². The second-order valence-electron chi connectivity index (χ2n) is 31.0. The Labute approximate surface area is 651 Å². The highest BCUT2D eigenvalue weighted by molar-refractivity contribution is 7.99. The molecule has 0 aliphatic carbocycles. The van der Waals surface area contributed by atoms with Crippen molar-refractivity contribution in [2.24, 2.45) is 0 Å². The van der Waals surface area contributed by atoms with Crippen molar-refractivity contribution in [3.05, 3.63) is 275 Å². The lowest BCUT2D eigenvalue weighted by atomic mass is 9.81. The quantitative estimate of drug-likeness (QED) is 0.149. The fourth-order valence-corrected chi connectivity index (χ4v) is 25.2. The number of rotatable bonds is 7. The van der Waals surface area contributed by atoms with Crippen molar-refractivity contribution in [2.45, 2.75) is 147 Å². The molecule has 0 saturated heterocycles. The molecule has 0 bridgehead atoms. The third kappa shape index (κ3) is 10.6. The molecule has 7 heterocycles. The lowest BCUT2D eigenvalue weighted by molar-refractivity contribution is 0.457. The third-order valence-corrected chi connectivity index (χ3v) is 36.0. The molecule has 0 fully saturated rings. The monoisotopic (exact) mass is 1460 g/mol. The number of imidazole rings is 3. The van der Waals surface area contributed by atoms with Crippen LogP contribution in [-0.2, 0) is 21.9 Å². The van der Waals surface area contributed by atoms with Crippen LogP contribution in [0.4, 0.5) is 0 Å². The number of nitrogens with zero attached hydrogens (tertiary/aromatic N) is 6. The van der Waals surface area contributed by atoms with Crippen LogP contribution in [0.5, 0.6) is 11.6 Å². The summed E-state index contributed by atoms with van der Waals surface area (Å²) in [6, 6.07) is 68.2. The molecule has 0 N–H and O–H groups in total. The van der Waals surface area contributed by atoms with Gasteiger partial charge in [-0.1, -0.05) is 238 Å². The van der Waals surface area contributed by atoms with Crippen LogP contribution in [0.25, 0.3) is 115 Å². The maximum absolute atomic E-state index is 8.95. The van der Waals surface area contributed by atoms with Gasteiger partial charge in [0.05, 0.1) is 59.5 Å². The molecule has 7 nitrogen and oxygen atoms in total. The van der Waals surface area contributed by atoms with Crippen molar-refractivity contribution in [3.63, 3.8) is 0 Å². The molecule has 5 aromatic heterocycles. The molecule has 0 unspecified atom stereocenters. The van der Waals surface area contributed by atoms with Gasteiger partial charge in [-0.2, -0.15) is 0 Å². The normalized spacial score (nSPS) is 18.0. The van der Waals surface area contributed by atoms with Gasteiger partial charge in [-0.3, -0.25) is 13.4 Å². The lowest BCUT2D eigenvalue weighted by Gasteiger charge is -2.41. The molecule has 0 saturated carbocycles. The minimum Gasteiger partial charge on any atom is -0.438 e. The predicted molar refractivity (Wildman–Crippen MR) is 452 cm³/mol. The summed E-state index contributed by atoms with van der Waals surface area (Å²) in [6.45, 7) is 13.3. The van der Waals surface area contributed by atoms with Crippen LogP contribution >= 0.6 is 23.1 Å². The Hall–Kier alpha value is -9.89. The number of ether oxygens (including phenoxy) is 1. The van der Waals surface area contributed by atoms with E-state index < -0.39 is 61.8 Å². The van der Waals surface area contributed by atoms with E-state index in [1.165, 1.54) is 50.9 Å². The number of hydrogen-bond donors (Lipinski definition) is 0. The highest BCUT2D eigenvalue weighted by Crippen LogP contribution is 2.53. The number of hydrogen-bond acceptors (Lipinski definition) is 6. The summed E-state index contributed by atoms with van der Waals surface area (Å²) in [5.74, 6) is 1.34. The molecular weight excluding hydrogens is 1350 g/mol. The van der Waals surface area contributed by atoms with Crippen molar-refractivity contribution in [1.29, 1.82) is 0 Å². The summed E-state index contributed by atoms with van der Waals surface area (Å²) in [6.07, 6.45) is -0.222. The summed E-state index contributed by atoms with van der Waals surface area (Å²) in [5, 5.41) is 1.71. The molecule has 16 aromatic rings. The molecule has 18 rings (SSSR count). The topological polar surface area (TPSA) is 61.7 Å². The maximum atomic E-state index is 8.95. The summed E-state index contributed by atoms with van der Waals surface area (Å²) in [7, 11) is -4.83. The summed E-state index contributed by atoms with van der Waals surface area (Å²) < 4.78 is 163. The molecule has 11 heteroatoms. The zero-order chi connectivity index (χ0) is 87.4. The van der Waals surface area contributed by atoms with Crippen molar-refractivity contribution in [3.8, 4) is 73.0 Å². The summed E-state index contributed by atoms with van der Waals surface area (Å²) in [5.41, 5.74) is 14.6. The Bertz CT molecular complexity index is 7010. The van der Waals surface area contributed by atoms with E-state index in [0.717, 1.165) is 70.8 Å². The second-order valence-corrected chi connectivity index (χ2v) is 43.1. The number of fused-ring (bicyclic) bond motifs is 14. The number of aryl methyl sites for hydroxylation is 6. The van der Waals surface area contributed by atoms with Crippen LogP contribution in [-0.4, -0.2) is 44.5 Å². The van der Waals surface area contributed by atoms with Gasteiger partial charge in [0.2, 0.25) is 11.7 Å². The van der Waals surface area contributed by atoms with Crippen LogP contribution in [0.2, 0.25) is 26.2 Å². The molecule has 2 aliphatic rings. The van der Waals surface area contributed by atoms with Crippen molar-refractivity contribution in [2.75, 3.05) is 0 Å². The fourth-order valence-electron chi connectivity index (χ4n) is 16.1. The van der Waals surface area contributed by atoms with E-state index in [2.05, 4.69) is 127 Å². The van der Waals surface area contributed by atoms with Gasteiger partial charge in [0.1, 0.15) is 5.75 Å². The van der Waals surface area contributed by atoms with Crippen LogP contribution < -0.4 is 15.1 Å². The molecule has 11 aromatic carbocycles. The van der Waals surface area contributed by atoms with E-state index >= 15 is 0 Å². The van der Waals surface area contributed by atoms with Crippen molar-refractivity contribution >= 4 is 104 Å². The largest absolute Gasteiger partial charge is 0.438 e. The average molecular weight is 1460 g/mol. The summed E-state index contributed by atoms with van der Waals surface area (Å²) in [4.78, 5) is 17.6. The molecule has 0 radical (unpaired) electrons. The number of pyridine rings is 1. The van der Waals surface area contributed by atoms with E-state index in [-0.39, 0.29) is 55.0 Å². The van der Waals surface area contributed by atoms with Crippen LogP contribution in [0.3, 0.4) is 0 Å². The highest BCUT2D eigenvalue weighted by Gasteiger charge is 2.49. The zero-order valence-corrected chi connectivity index (χ0v) is 64.4. The van der Waals surface area contributed by atoms with E-state index in [1.54, 1.807) is 66.5 Å². The Morgan fingerprint density at radius 1 is 0.495 bits per heavy atom. The van der Waals surface area contributed by atoms with Gasteiger partial charge in [0, 0.05) is 61.7 Å². The van der Waals surface area contributed by atoms with E-state index in [0.29, 0.717) is 61.4 Å². The van der Waals surface area contributed by atoms with Crippen molar-refractivity contribution in [1.82, 2.24) is 28.3 Å². The number of thiazole rings is 1. The smallest absolute Gasteiger partial charge is 0.222 e. The highest BCUT2D eigenvalue weighted by atomic mass is 32.2. The minimum absolute atomic E-state index is 0.0163.